The predicted octanol–water partition coefficient (Wildman–Crippen LogP) is 3.59. The fraction of sp³-hybridized carbons (Fsp3) is 0.400. The van der Waals surface area contributed by atoms with E-state index in [4.69, 9.17) is 5.14 Å². The quantitative estimate of drug-likeness (QED) is 0.785. The first-order valence-corrected chi connectivity index (χ1v) is 9.83. The SMILES string of the molecule is CC(C)c1nc(CCNc2ccc(S(N)(=O)=O)c(C(F)(F)F)c2)cs1. The van der Waals surface area contributed by atoms with Crippen molar-refractivity contribution in [3.63, 3.8) is 0 Å². The Morgan fingerprint density at radius 2 is 2.00 bits per heavy atom. The zero-order valence-corrected chi connectivity index (χ0v) is 15.2. The third kappa shape index (κ3) is 5.16. The average molecular weight is 393 g/mol. The summed E-state index contributed by atoms with van der Waals surface area (Å²) >= 11 is 1.55. The van der Waals surface area contributed by atoms with Crippen LogP contribution in [0.15, 0.2) is 28.5 Å². The van der Waals surface area contributed by atoms with Crippen molar-refractivity contribution in [2.24, 2.45) is 5.14 Å². The minimum atomic E-state index is -4.82. The summed E-state index contributed by atoms with van der Waals surface area (Å²) in [6, 6.07) is 2.87. The molecule has 0 aliphatic heterocycles. The van der Waals surface area contributed by atoms with E-state index in [0.717, 1.165) is 22.8 Å². The minimum Gasteiger partial charge on any atom is -0.385 e. The van der Waals surface area contributed by atoms with Crippen molar-refractivity contribution in [1.29, 1.82) is 0 Å². The molecule has 0 atom stereocenters. The van der Waals surface area contributed by atoms with Crippen LogP contribution in [-0.2, 0) is 22.6 Å². The van der Waals surface area contributed by atoms with Crippen LogP contribution in [0.25, 0.3) is 0 Å². The fourth-order valence-electron chi connectivity index (χ4n) is 2.15. The number of primary sulfonamides is 1. The van der Waals surface area contributed by atoms with Gasteiger partial charge in [-0.05, 0) is 18.2 Å². The van der Waals surface area contributed by atoms with Gasteiger partial charge in [-0.15, -0.1) is 11.3 Å². The number of hydrogen-bond acceptors (Lipinski definition) is 5. The summed E-state index contributed by atoms with van der Waals surface area (Å²) in [4.78, 5) is 3.51. The lowest BCUT2D eigenvalue weighted by Crippen LogP contribution is -2.19. The summed E-state index contributed by atoms with van der Waals surface area (Å²) in [5.41, 5.74) is -0.256. The molecule has 0 unspecified atom stereocenters. The number of nitrogens with two attached hydrogens (primary N) is 1. The molecule has 0 spiro atoms. The van der Waals surface area contributed by atoms with Crippen LogP contribution in [0, 0.1) is 0 Å². The Labute approximate surface area is 148 Å². The Balaban J connectivity index is 2.12. The molecule has 138 valence electrons. The second-order valence-corrected chi connectivity index (χ2v) is 8.18. The van der Waals surface area contributed by atoms with Gasteiger partial charge in [-0.1, -0.05) is 13.8 Å². The molecule has 3 N–H and O–H groups in total. The summed E-state index contributed by atoms with van der Waals surface area (Å²) in [5, 5.41) is 10.6. The Morgan fingerprint density at radius 1 is 1.32 bits per heavy atom. The molecule has 1 heterocycles. The van der Waals surface area contributed by atoms with Crippen LogP contribution in [0.2, 0.25) is 0 Å². The van der Waals surface area contributed by atoms with Gasteiger partial charge in [-0.2, -0.15) is 13.2 Å². The smallest absolute Gasteiger partial charge is 0.385 e. The molecule has 1 aromatic carbocycles. The highest BCUT2D eigenvalue weighted by atomic mass is 32.2. The maximum atomic E-state index is 13.1. The van der Waals surface area contributed by atoms with Crippen LogP contribution in [0.4, 0.5) is 18.9 Å². The standard InChI is InChI=1S/C15H18F3N3O2S2/c1-9(2)14-21-11(8-24-14)5-6-20-10-3-4-13(25(19,22)23)12(7-10)15(16,17)18/h3-4,7-9,20H,5-6H2,1-2H3,(H2,19,22,23). The number of halogens is 3. The highest BCUT2D eigenvalue weighted by Gasteiger charge is 2.36. The molecule has 10 heteroatoms. The van der Waals surface area contributed by atoms with Crippen molar-refractivity contribution in [2.75, 3.05) is 11.9 Å². The van der Waals surface area contributed by atoms with E-state index in [2.05, 4.69) is 10.3 Å². The number of anilines is 1. The van der Waals surface area contributed by atoms with Crippen LogP contribution in [-0.4, -0.2) is 19.9 Å². The zero-order chi connectivity index (χ0) is 18.8. The molecule has 0 fully saturated rings. The number of hydrogen-bond donors (Lipinski definition) is 2. The lowest BCUT2D eigenvalue weighted by atomic mass is 10.2. The van der Waals surface area contributed by atoms with Crippen LogP contribution < -0.4 is 10.5 Å². The topological polar surface area (TPSA) is 85.1 Å². The highest BCUT2D eigenvalue weighted by Crippen LogP contribution is 2.35. The van der Waals surface area contributed by atoms with E-state index in [9.17, 15) is 21.6 Å². The van der Waals surface area contributed by atoms with E-state index in [0.29, 0.717) is 18.9 Å². The molecule has 1 aromatic heterocycles. The average Bonchev–Trinajstić information content (AvgIpc) is 2.94. The fourth-order valence-corrected chi connectivity index (χ4v) is 3.76. The third-order valence-corrected chi connectivity index (χ3v) is 5.53. The minimum absolute atomic E-state index is 0.166. The molecule has 2 aromatic rings. The molecule has 5 nitrogen and oxygen atoms in total. The zero-order valence-electron chi connectivity index (χ0n) is 13.6. The van der Waals surface area contributed by atoms with Gasteiger partial charge in [0.15, 0.2) is 0 Å². The van der Waals surface area contributed by atoms with Gasteiger partial charge < -0.3 is 5.32 Å². The normalized spacial score (nSPS) is 12.6. The van der Waals surface area contributed by atoms with Gasteiger partial charge in [0.2, 0.25) is 10.0 Å². The second kappa shape index (κ2) is 7.30. The van der Waals surface area contributed by atoms with Gasteiger partial charge in [0.25, 0.3) is 0 Å². The van der Waals surface area contributed by atoms with Gasteiger partial charge in [-0.3, -0.25) is 0 Å². The number of alkyl halides is 3. The molecule has 0 amide bonds. The summed E-state index contributed by atoms with van der Waals surface area (Å²) in [5.74, 6) is 0.326. The first-order chi connectivity index (χ1) is 11.5. The number of thiazole rings is 1. The van der Waals surface area contributed by atoms with E-state index in [-0.39, 0.29) is 5.69 Å². The molecule has 25 heavy (non-hydrogen) atoms. The largest absolute Gasteiger partial charge is 0.417 e. The van der Waals surface area contributed by atoms with Gasteiger partial charge in [0, 0.05) is 30.0 Å². The molecule has 0 aliphatic carbocycles. The van der Waals surface area contributed by atoms with E-state index < -0.39 is 26.7 Å². The van der Waals surface area contributed by atoms with Crippen molar-refractivity contribution in [3.05, 3.63) is 39.8 Å². The van der Waals surface area contributed by atoms with Crippen molar-refractivity contribution in [2.45, 2.75) is 37.3 Å². The third-order valence-electron chi connectivity index (χ3n) is 3.37. The predicted molar refractivity (Wildman–Crippen MR) is 91.2 cm³/mol. The first kappa shape index (κ1) is 19.7. The molecule has 0 bridgehead atoms. The molecular formula is C15H18F3N3O2S2. The molecular weight excluding hydrogens is 375 g/mol. The number of nitrogens with one attached hydrogen (secondary N) is 1. The summed E-state index contributed by atoms with van der Waals surface area (Å²) < 4.78 is 61.8. The number of benzene rings is 1. The summed E-state index contributed by atoms with van der Waals surface area (Å²) in [6.45, 7) is 4.44. The van der Waals surface area contributed by atoms with Crippen molar-refractivity contribution in [3.8, 4) is 0 Å². The Morgan fingerprint density at radius 3 is 2.52 bits per heavy atom. The highest BCUT2D eigenvalue weighted by molar-refractivity contribution is 7.89. The van der Waals surface area contributed by atoms with E-state index in [1.807, 2.05) is 19.2 Å². The summed E-state index contributed by atoms with van der Waals surface area (Å²) in [6.07, 6.45) is -4.28. The molecule has 0 radical (unpaired) electrons. The van der Waals surface area contributed by atoms with Crippen molar-refractivity contribution in [1.82, 2.24) is 4.98 Å². The Kier molecular flexibility index (Phi) is 5.75. The lowest BCUT2D eigenvalue weighted by molar-refractivity contribution is -0.139. The molecule has 0 saturated heterocycles. The molecule has 0 saturated carbocycles. The van der Waals surface area contributed by atoms with E-state index in [1.54, 1.807) is 11.3 Å². The Bertz CT molecular complexity index is 846. The van der Waals surface area contributed by atoms with E-state index in [1.165, 1.54) is 6.07 Å². The van der Waals surface area contributed by atoms with Gasteiger partial charge in [0.05, 0.1) is 21.2 Å². The second-order valence-electron chi connectivity index (χ2n) is 5.76. The van der Waals surface area contributed by atoms with Crippen molar-refractivity contribution < 1.29 is 21.6 Å². The van der Waals surface area contributed by atoms with Crippen LogP contribution in [0.1, 0.15) is 36.0 Å². The van der Waals surface area contributed by atoms with Crippen molar-refractivity contribution >= 4 is 27.0 Å². The van der Waals surface area contributed by atoms with Crippen LogP contribution in [0.3, 0.4) is 0 Å². The number of rotatable bonds is 6. The molecule has 2 rings (SSSR count). The first-order valence-electron chi connectivity index (χ1n) is 7.40. The number of sulfonamides is 1. The summed E-state index contributed by atoms with van der Waals surface area (Å²) in [7, 11) is -4.46. The van der Waals surface area contributed by atoms with E-state index >= 15 is 0 Å². The maximum absolute atomic E-state index is 13.1. The van der Waals surface area contributed by atoms with Gasteiger partial charge in [-0.25, -0.2) is 18.5 Å². The van der Waals surface area contributed by atoms with Crippen LogP contribution in [0.5, 0.6) is 0 Å². The molecule has 0 aliphatic rings. The van der Waals surface area contributed by atoms with Gasteiger partial charge in [0.1, 0.15) is 0 Å². The monoisotopic (exact) mass is 393 g/mol. The Hall–Kier alpha value is -1.65. The van der Waals surface area contributed by atoms with Crippen LogP contribution >= 0.6 is 11.3 Å². The van der Waals surface area contributed by atoms with Gasteiger partial charge >= 0.3 is 6.18 Å². The number of aromatic nitrogens is 1. The lowest BCUT2D eigenvalue weighted by Gasteiger charge is -2.14. The number of nitrogens with zero attached hydrogens (tertiary/aromatic N) is 1. The maximum Gasteiger partial charge on any atom is 0.417 e.